The van der Waals surface area contributed by atoms with Gasteiger partial charge in [0, 0.05) is 12.1 Å². The number of ether oxygens (including phenoxy) is 1. The first kappa shape index (κ1) is 19.7. The number of thioether (sulfide) groups is 1. The summed E-state index contributed by atoms with van der Waals surface area (Å²) < 4.78 is 5.26. The van der Waals surface area contributed by atoms with Crippen molar-refractivity contribution in [1.82, 2.24) is 10.2 Å². The highest BCUT2D eigenvalue weighted by Gasteiger charge is 2.36. The average Bonchev–Trinajstić information content (AvgIpc) is 2.95. The summed E-state index contributed by atoms with van der Waals surface area (Å²) in [4.78, 5) is 38.2. The molecule has 0 atom stereocenters. The number of hydrogen-bond donors (Lipinski definition) is 1. The maximum absolute atomic E-state index is 12.6. The predicted molar refractivity (Wildman–Crippen MR) is 109 cm³/mol. The molecular weight excluding hydrogens is 376 g/mol. The Morgan fingerprint density at radius 2 is 1.86 bits per heavy atom. The van der Waals surface area contributed by atoms with Crippen molar-refractivity contribution in [3.05, 3.63) is 70.1 Å². The first-order chi connectivity index (χ1) is 13.5. The molecule has 0 aromatic heterocycles. The number of hydrogen-bond acceptors (Lipinski definition) is 5. The van der Waals surface area contributed by atoms with Gasteiger partial charge in [0.05, 0.1) is 12.0 Å². The van der Waals surface area contributed by atoms with Gasteiger partial charge < -0.3 is 10.1 Å². The first-order valence-electron chi connectivity index (χ1n) is 8.68. The highest BCUT2D eigenvalue weighted by molar-refractivity contribution is 8.18. The lowest BCUT2D eigenvalue weighted by Gasteiger charge is -2.12. The third-order valence-electron chi connectivity index (χ3n) is 4.21. The molecule has 3 rings (SSSR count). The molecule has 0 bridgehead atoms. The zero-order chi connectivity index (χ0) is 20.1. The zero-order valence-corrected chi connectivity index (χ0v) is 16.4. The van der Waals surface area contributed by atoms with Gasteiger partial charge in [0.2, 0.25) is 5.91 Å². The molecule has 0 radical (unpaired) electrons. The van der Waals surface area contributed by atoms with Crippen LogP contribution in [0.25, 0.3) is 6.08 Å². The summed E-state index contributed by atoms with van der Waals surface area (Å²) in [6.07, 6.45) is 1.61. The lowest BCUT2D eigenvalue weighted by Crippen LogP contribution is -2.39. The van der Waals surface area contributed by atoms with E-state index in [1.54, 1.807) is 18.2 Å². The average molecular weight is 396 g/mol. The molecule has 1 fully saturated rings. The molecule has 2 aromatic carbocycles. The molecule has 0 aliphatic carbocycles. The molecule has 1 aliphatic heterocycles. The Bertz CT molecular complexity index is 938. The molecule has 7 heteroatoms. The molecular formula is C21H20N2O4S. The standard InChI is InChI=1S/C21H20N2O4S/c1-14-7-9-15(10-8-14)12-22-19(24)13-23-20(25)18(28-21(23)26)11-16-5-3-4-6-17(16)27-2/h3-11H,12-13H2,1-2H3,(H,22,24)/b18-11-. The Kier molecular flexibility index (Phi) is 6.16. The van der Waals surface area contributed by atoms with Crippen molar-refractivity contribution >= 4 is 34.9 Å². The highest BCUT2D eigenvalue weighted by atomic mass is 32.2. The molecule has 0 spiro atoms. The fourth-order valence-corrected chi connectivity index (χ4v) is 3.50. The van der Waals surface area contributed by atoms with E-state index in [1.165, 1.54) is 7.11 Å². The monoisotopic (exact) mass is 396 g/mol. The van der Waals surface area contributed by atoms with Crippen LogP contribution in [0.4, 0.5) is 4.79 Å². The number of nitrogens with zero attached hydrogens (tertiary/aromatic N) is 1. The van der Waals surface area contributed by atoms with Crippen LogP contribution < -0.4 is 10.1 Å². The van der Waals surface area contributed by atoms with Crippen molar-refractivity contribution in [3.63, 3.8) is 0 Å². The van der Waals surface area contributed by atoms with Crippen LogP contribution >= 0.6 is 11.8 Å². The number of rotatable bonds is 6. The van der Waals surface area contributed by atoms with Crippen molar-refractivity contribution in [1.29, 1.82) is 0 Å². The van der Waals surface area contributed by atoms with E-state index in [0.29, 0.717) is 17.9 Å². The SMILES string of the molecule is COc1ccccc1/C=C1\SC(=O)N(CC(=O)NCc2ccc(C)cc2)C1=O. The van der Waals surface area contributed by atoms with Crippen LogP contribution in [0.1, 0.15) is 16.7 Å². The number of amides is 3. The minimum atomic E-state index is -0.480. The second-order valence-corrected chi connectivity index (χ2v) is 7.27. The van der Waals surface area contributed by atoms with Gasteiger partial charge in [0.25, 0.3) is 11.1 Å². The maximum atomic E-state index is 12.6. The normalized spacial score (nSPS) is 15.2. The Labute approximate surface area is 167 Å². The summed E-state index contributed by atoms with van der Waals surface area (Å²) in [6.45, 7) is 2.02. The van der Waals surface area contributed by atoms with Gasteiger partial charge in [-0.1, -0.05) is 48.0 Å². The molecule has 6 nitrogen and oxygen atoms in total. The smallest absolute Gasteiger partial charge is 0.294 e. The number of methoxy groups -OCH3 is 1. The van der Waals surface area contributed by atoms with E-state index < -0.39 is 11.1 Å². The minimum absolute atomic E-state index is 0.265. The number of imide groups is 1. The van der Waals surface area contributed by atoms with Crippen molar-refractivity contribution < 1.29 is 19.1 Å². The molecule has 1 saturated heterocycles. The Balaban J connectivity index is 1.64. The second kappa shape index (κ2) is 8.75. The Hall–Kier alpha value is -3.06. The third-order valence-corrected chi connectivity index (χ3v) is 5.12. The molecule has 1 heterocycles. The van der Waals surface area contributed by atoms with E-state index in [2.05, 4.69) is 5.32 Å². The molecule has 0 unspecified atom stereocenters. The molecule has 144 valence electrons. The predicted octanol–water partition coefficient (Wildman–Crippen LogP) is 3.36. The largest absolute Gasteiger partial charge is 0.496 e. The summed E-state index contributed by atoms with van der Waals surface area (Å²) in [7, 11) is 1.54. The molecule has 2 aromatic rings. The van der Waals surface area contributed by atoms with E-state index in [4.69, 9.17) is 4.74 Å². The Morgan fingerprint density at radius 3 is 2.57 bits per heavy atom. The second-order valence-electron chi connectivity index (χ2n) is 6.27. The van der Waals surface area contributed by atoms with Crippen LogP contribution in [0.15, 0.2) is 53.4 Å². The summed E-state index contributed by atoms with van der Waals surface area (Å²) in [5.41, 5.74) is 2.78. The van der Waals surface area contributed by atoms with Gasteiger partial charge in [-0.3, -0.25) is 19.3 Å². The van der Waals surface area contributed by atoms with E-state index in [1.807, 2.05) is 43.3 Å². The summed E-state index contributed by atoms with van der Waals surface area (Å²) in [6, 6.07) is 15.0. The van der Waals surface area contributed by atoms with Crippen LogP contribution in [-0.2, 0) is 16.1 Å². The van der Waals surface area contributed by atoms with Gasteiger partial charge in [-0.2, -0.15) is 0 Å². The maximum Gasteiger partial charge on any atom is 0.294 e. The number of benzene rings is 2. The van der Waals surface area contributed by atoms with Crippen LogP contribution in [-0.4, -0.2) is 35.6 Å². The molecule has 1 N–H and O–H groups in total. The minimum Gasteiger partial charge on any atom is -0.496 e. The van der Waals surface area contributed by atoms with Crippen LogP contribution in [0, 0.1) is 6.92 Å². The van der Waals surface area contributed by atoms with Gasteiger partial charge in [0.1, 0.15) is 12.3 Å². The van der Waals surface area contributed by atoms with Gasteiger partial charge >= 0.3 is 0 Å². The van der Waals surface area contributed by atoms with Gasteiger partial charge in [-0.05, 0) is 36.4 Å². The molecule has 0 saturated carbocycles. The molecule has 28 heavy (non-hydrogen) atoms. The highest BCUT2D eigenvalue weighted by Crippen LogP contribution is 2.33. The fourth-order valence-electron chi connectivity index (χ4n) is 2.67. The number of nitrogens with one attached hydrogen (secondary N) is 1. The van der Waals surface area contributed by atoms with Crippen LogP contribution in [0.2, 0.25) is 0 Å². The van der Waals surface area contributed by atoms with Crippen molar-refractivity contribution in [2.75, 3.05) is 13.7 Å². The van der Waals surface area contributed by atoms with Crippen molar-refractivity contribution in [2.45, 2.75) is 13.5 Å². The quantitative estimate of drug-likeness (QED) is 0.758. The number of aryl methyl sites for hydroxylation is 1. The van der Waals surface area contributed by atoms with Gasteiger partial charge in [-0.15, -0.1) is 0 Å². The summed E-state index contributed by atoms with van der Waals surface area (Å²) in [5, 5.41) is 2.27. The topological polar surface area (TPSA) is 75.7 Å². The third kappa shape index (κ3) is 4.61. The molecule has 3 amide bonds. The van der Waals surface area contributed by atoms with Crippen molar-refractivity contribution in [2.24, 2.45) is 0 Å². The summed E-state index contributed by atoms with van der Waals surface area (Å²) >= 11 is 0.817. The van der Waals surface area contributed by atoms with E-state index >= 15 is 0 Å². The number of carbonyl (C=O) groups is 3. The van der Waals surface area contributed by atoms with E-state index in [-0.39, 0.29) is 17.4 Å². The number of para-hydroxylation sites is 1. The van der Waals surface area contributed by atoms with Gasteiger partial charge in [-0.25, -0.2) is 0 Å². The zero-order valence-electron chi connectivity index (χ0n) is 15.6. The lowest BCUT2D eigenvalue weighted by molar-refractivity contribution is -0.129. The van der Waals surface area contributed by atoms with Crippen LogP contribution in [0.5, 0.6) is 5.75 Å². The number of carbonyl (C=O) groups excluding carboxylic acids is 3. The summed E-state index contributed by atoms with van der Waals surface area (Å²) in [5.74, 6) is -0.266. The Morgan fingerprint density at radius 1 is 1.14 bits per heavy atom. The molecule has 1 aliphatic rings. The van der Waals surface area contributed by atoms with Crippen LogP contribution in [0.3, 0.4) is 0 Å². The first-order valence-corrected chi connectivity index (χ1v) is 9.50. The van der Waals surface area contributed by atoms with E-state index in [9.17, 15) is 14.4 Å². The van der Waals surface area contributed by atoms with Crippen molar-refractivity contribution in [3.8, 4) is 5.75 Å². The van der Waals surface area contributed by atoms with Gasteiger partial charge in [0.15, 0.2) is 0 Å². The fraction of sp³-hybridized carbons (Fsp3) is 0.190. The lowest BCUT2D eigenvalue weighted by atomic mass is 10.1. The van der Waals surface area contributed by atoms with E-state index in [0.717, 1.165) is 27.8 Å².